The predicted octanol–water partition coefficient (Wildman–Crippen LogP) is 5.08. The number of benzene rings is 1. The maximum atomic E-state index is 11.0. The third-order valence-electron chi connectivity index (χ3n) is 8.72. The van der Waals surface area contributed by atoms with Crippen molar-refractivity contribution in [2.75, 3.05) is 6.61 Å². The molecule has 0 radical (unpaired) electrons. The summed E-state index contributed by atoms with van der Waals surface area (Å²) < 4.78 is 0. The van der Waals surface area contributed by atoms with E-state index in [4.69, 9.17) is 0 Å². The summed E-state index contributed by atoms with van der Waals surface area (Å²) in [6, 6.07) is 3.99. The van der Waals surface area contributed by atoms with Crippen LogP contribution in [0.25, 0.3) is 0 Å². The Hall–Kier alpha value is -1.22. The zero-order valence-corrected chi connectivity index (χ0v) is 16.5. The number of aliphatic hydroxyl groups excluding tert-OH is 1. The molecule has 0 aromatic heterocycles. The maximum absolute atomic E-state index is 11.0. The first-order valence-electron chi connectivity index (χ1n) is 11.1. The fourth-order valence-corrected chi connectivity index (χ4v) is 7.75. The standard InChI is InChI=1S/C24H34O3/c1-14-2-3-15(13-25)7-20(14)23-21(26)8-19(9-22(23)27)24-10-16-4-17(11-24)6-18(5-16)12-24/h8-9,14-18,20,25-27H,2-7,10-13H2,1H3/t14-,15-,16?,17?,18?,20-,24?/m1/s1. The van der Waals surface area contributed by atoms with Gasteiger partial charge in [-0.3, -0.25) is 0 Å². The van der Waals surface area contributed by atoms with Crippen LogP contribution < -0.4 is 0 Å². The third-order valence-corrected chi connectivity index (χ3v) is 8.72. The molecule has 3 N–H and O–H groups in total. The number of aliphatic hydroxyl groups is 1. The average molecular weight is 371 g/mol. The molecule has 1 aromatic rings. The molecular weight excluding hydrogens is 336 g/mol. The lowest BCUT2D eigenvalue weighted by Crippen LogP contribution is -2.48. The smallest absolute Gasteiger partial charge is 0.123 e. The summed E-state index contributed by atoms with van der Waals surface area (Å²) in [5.74, 6) is 3.98. The van der Waals surface area contributed by atoms with E-state index in [0.29, 0.717) is 5.92 Å². The van der Waals surface area contributed by atoms with Crippen molar-refractivity contribution in [1.82, 2.24) is 0 Å². The van der Waals surface area contributed by atoms with Gasteiger partial charge in [-0.2, -0.15) is 0 Å². The summed E-state index contributed by atoms with van der Waals surface area (Å²) in [6.07, 6.45) is 10.9. The van der Waals surface area contributed by atoms with Crippen molar-refractivity contribution in [3.05, 3.63) is 23.3 Å². The minimum atomic E-state index is 0.140. The van der Waals surface area contributed by atoms with Gasteiger partial charge in [-0.05, 0) is 116 Å². The molecule has 3 atom stereocenters. The molecule has 27 heavy (non-hydrogen) atoms. The van der Waals surface area contributed by atoms with Crippen molar-refractivity contribution < 1.29 is 15.3 Å². The van der Waals surface area contributed by atoms with E-state index in [9.17, 15) is 15.3 Å². The molecule has 5 saturated carbocycles. The first kappa shape index (κ1) is 17.8. The van der Waals surface area contributed by atoms with E-state index >= 15 is 0 Å². The Morgan fingerprint density at radius 2 is 1.44 bits per heavy atom. The van der Waals surface area contributed by atoms with E-state index < -0.39 is 0 Å². The maximum Gasteiger partial charge on any atom is 0.123 e. The Bertz CT molecular complexity index is 666. The summed E-state index contributed by atoms with van der Waals surface area (Å²) in [6.45, 7) is 2.42. The highest BCUT2D eigenvalue weighted by Crippen LogP contribution is 2.61. The average Bonchev–Trinajstić information content (AvgIpc) is 2.61. The normalized spacial score (nSPS) is 43.2. The van der Waals surface area contributed by atoms with Crippen molar-refractivity contribution in [3.8, 4) is 11.5 Å². The lowest BCUT2D eigenvalue weighted by atomic mass is 9.48. The number of rotatable bonds is 3. The number of phenolic OH excluding ortho intramolecular Hbond substituents is 2. The number of phenols is 2. The highest BCUT2D eigenvalue weighted by atomic mass is 16.3. The number of hydrogen-bond donors (Lipinski definition) is 3. The van der Waals surface area contributed by atoms with Crippen molar-refractivity contribution in [2.45, 2.75) is 76.0 Å². The van der Waals surface area contributed by atoms with Crippen LogP contribution in [-0.2, 0) is 5.41 Å². The van der Waals surface area contributed by atoms with E-state index in [1.807, 2.05) is 12.1 Å². The van der Waals surface area contributed by atoms with Gasteiger partial charge in [0.2, 0.25) is 0 Å². The van der Waals surface area contributed by atoms with Crippen molar-refractivity contribution >= 4 is 0 Å². The Labute approximate surface area is 162 Å². The number of hydrogen-bond acceptors (Lipinski definition) is 3. The molecule has 5 aliphatic rings. The van der Waals surface area contributed by atoms with Gasteiger partial charge in [0, 0.05) is 12.2 Å². The van der Waals surface area contributed by atoms with Gasteiger partial charge in [0.15, 0.2) is 0 Å². The minimum Gasteiger partial charge on any atom is -0.508 e. The van der Waals surface area contributed by atoms with E-state index in [2.05, 4.69) is 6.92 Å². The molecule has 5 fully saturated rings. The SMILES string of the molecule is C[C@@H]1CC[C@@H](CO)C[C@H]1c1c(O)cc(C23CC4CC(CC(C4)C2)C3)cc1O. The Balaban J connectivity index is 1.49. The van der Waals surface area contributed by atoms with Gasteiger partial charge in [-0.1, -0.05) is 6.92 Å². The summed E-state index contributed by atoms with van der Waals surface area (Å²) in [7, 11) is 0. The highest BCUT2D eigenvalue weighted by Gasteiger charge is 2.52. The quantitative estimate of drug-likeness (QED) is 0.695. The molecule has 6 rings (SSSR count). The fraction of sp³-hybridized carbons (Fsp3) is 0.750. The van der Waals surface area contributed by atoms with Crippen LogP contribution in [0.3, 0.4) is 0 Å². The van der Waals surface area contributed by atoms with Gasteiger partial charge in [0.1, 0.15) is 11.5 Å². The van der Waals surface area contributed by atoms with Crippen LogP contribution in [0.2, 0.25) is 0 Å². The second-order valence-electron chi connectivity index (χ2n) is 10.6. The van der Waals surface area contributed by atoms with Gasteiger partial charge in [-0.15, -0.1) is 0 Å². The van der Waals surface area contributed by atoms with Crippen molar-refractivity contribution in [1.29, 1.82) is 0 Å². The minimum absolute atomic E-state index is 0.140. The van der Waals surface area contributed by atoms with Gasteiger partial charge in [-0.25, -0.2) is 0 Å². The molecule has 0 aliphatic heterocycles. The Kier molecular flexibility index (Phi) is 4.23. The van der Waals surface area contributed by atoms with Crippen LogP contribution >= 0.6 is 0 Å². The van der Waals surface area contributed by atoms with E-state index in [0.717, 1.165) is 42.6 Å². The van der Waals surface area contributed by atoms with Gasteiger partial charge >= 0.3 is 0 Å². The highest BCUT2D eigenvalue weighted by molar-refractivity contribution is 5.51. The third kappa shape index (κ3) is 2.88. The molecule has 4 bridgehead atoms. The topological polar surface area (TPSA) is 60.7 Å². The van der Waals surface area contributed by atoms with Gasteiger partial charge in [0.25, 0.3) is 0 Å². The second kappa shape index (κ2) is 6.40. The van der Waals surface area contributed by atoms with Gasteiger partial charge in [0.05, 0.1) is 0 Å². The lowest BCUT2D eigenvalue weighted by Gasteiger charge is -2.57. The molecule has 0 spiro atoms. The molecule has 3 heteroatoms. The molecule has 148 valence electrons. The number of aromatic hydroxyl groups is 2. The summed E-state index contributed by atoms with van der Waals surface area (Å²) >= 11 is 0. The van der Waals surface area contributed by atoms with E-state index in [1.54, 1.807) is 0 Å². The Morgan fingerprint density at radius 1 is 0.889 bits per heavy atom. The van der Waals surface area contributed by atoms with Crippen LogP contribution in [0.15, 0.2) is 12.1 Å². The van der Waals surface area contributed by atoms with Crippen LogP contribution in [0.5, 0.6) is 11.5 Å². The monoisotopic (exact) mass is 370 g/mol. The van der Waals surface area contributed by atoms with E-state index in [-0.39, 0.29) is 35.4 Å². The summed E-state index contributed by atoms with van der Waals surface area (Å²) in [5.41, 5.74) is 2.10. The molecule has 0 unspecified atom stereocenters. The first-order valence-corrected chi connectivity index (χ1v) is 11.1. The molecule has 0 heterocycles. The van der Waals surface area contributed by atoms with Crippen LogP contribution in [-0.4, -0.2) is 21.9 Å². The first-order chi connectivity index (χ1) is 13.0. The predicted molar refractivity (Wildman–Crippen MR) is 106 cm³/mol. The second-order valence-corrected chi connectivity index (χ2v) is 10.6. The summed E-state index contributed by atoms with van der Waals surface area (Å²) in [4.78, 5) is 0. The zero-order valence-electron chi connectivity index (χ0n) is 16.5. The van der Waals surface area contributed by atoms with Crippen molar-refractivity contribution in [2.24, 2.45) is 29.6 Å². The molecule has 5 aliphatic carbocycles. The molecule has 0 saturated heterocycles. The summed E-state index contributed by atoms with van der Waals surface area (Å²) in [5, 5.41) is 31.6. The molecule has 1 aromatic carbocycles. The van der Waals surface area contributed by atoms with Crippen LogP contribution in [0, 0.1) is 29.6 Å². The van der Waals surface area contributed by atoms with Gasteiger partial charge < -0.3 is 15.3 Å². The Morgan fingerprint density at radius 3 is 1.96 bits per heavy atom. The molecule has 3 nitrogen and oxygen atoms in total. The molecule has 0 amide bonds. The van der Waals surface area contributed by atoms with Crippen LogP contribution in [0.1, 0.15) is 81.8 Å². The molecular formula is C24H34O3. The largest absolute Gasteiger partial charge is 0.508 e. The van der Waals surface area contributed by atoms with E-state index in [1.165, 1.54) is 44.1 Å². The fourth-order valence-electron chi connectivity index (χ4n) is 7.75. The van der Waals surface area contributed by atoms with Crippen LogP contribution in [0.4, 0.5) is 0 Å². The zero-order chi connectivity index (χ0) is 18.8. The van der Waals surface area contributed by atoms with Crippen molar-refractivity contribution in [3.63, 3.8) is 0 Å². The lowest BCUT2D eigenvalue weighted by molar-refractivity contribution is -0.00538.